The number of nitrogens with one attached hydrogen (secondary N) is 2. The maximum atomic E-state index is 12.5. The molecule has 1 atom stereocenters. The van der Waals surface area contributed by atoms with Crippen LogP contribution in [0, 0.1) is 11.3 Å². The van der Waals surface area contributed by atoms with Gasteiger partial charge in [-0.3, -0.25) is 14.5 Å². The number of carbonyl (C=O) groups excluding carboxylic acids is 2. The number of hydrogen-bond donors (Lipinski definition) is 2. The van der Waals surface area contributed by atoms with Gasteiger partial charge < -0.3 is 20.3 Å². The van der Waals surface area contributed by atoms with Crippen molar-refractivity contribution in [1.82, 2.24) is 10.2 Å². The molecule has 166 valence electrons. The van der Waals surface area contributed by atoms with Gasteiger partial charge in [0.05, 0.1) is 30.5 Å². The summed E-state index contributed by atoms with van der Waals surface area (Å²) in [6.45, 7) is 4.12. The van der Waals surface area contributed by atoms with E-state index >= 15 is 0 Å². The van der Waals surface area contributed by atoms with Crippen LogP contribution in [0.2, 0.25) is 0 Å². The minimum atomic E-state index is -0.788. The minimum absolute atomic E-state index is 0.0572. The SMILES string of the molecule is CN1CCc2cc([C@H](CNC(=O)C(=O)Nc3ccccc3C#N)N3CCOCC3)ccc21. The van der Waals surface area contributed by atoms with E-state index in [1.54, 1.807) is 24.3 Å². The van der Waals surface area contributed by atoms with Gasteiger partial charge in [0.25, 0.3) is 0 Å². The lowest BCUT2D eigenvalue weighted by atomic mass is 10.0. The molecule has 0 unspecified atom stereocenters. The highest BCUT2D eigenvalue weighted by Crippen LogP contribution is 2.31. The number of carbonyl (C=O) groups is 2. The van der Waals surface area contributed by atoms with E-state index in [9.17, 15) is 14.9 Å². The fourth-order valence-electron chi connectivity index (χ4n) is 4.28. The molecule has 0 aliphatic carbocycles. The van der Waals surface area contributed by atoms with Gasteiger partial charge in [-0.2, -0.15) is 5.26 Å². The first kappa shape index (κ1) is 21.8. The van der Waals surface area contributed by atoms with Crippen molar-refractivity contribution in [2.45, 2.75) is 12.5 Å². The number of ether oxygens (including phenoxy) is 1. The molecule has 1 fully saturated rings. The smallest absolute Gasteiger partial charge is 0.313 e. The molecule has 2 aromatic carbocycles. The summed E-state index contributed by atoms with van der Waals surface area (Å²) in [4.78, 5) is 29.5. The number of likely N-dealkylation sites (N-methyl/N-ethyl adjacent to an activating group) is 1. The molecule has 32 heavy (non-hydrogen) atoms. The molecule has 2 aliphatic heterocycles. The molecule has 2 heterocycles. The number of hydrogen-bond acceptors (Lipinski definition) is 6. The Morgan fingerprint density at radius 1 is 1.12 bits per heavy atom. The predicted octanol–water partition coefficient (Wildman–Crippen LogP) is 1.68. The Labute approximate surface area is 187 Å². The lowest BCUT2D eigenvalue weighted by Gasteiger charge is -2.35. The number of anilines is 2. The van der Waals surface area contributed by atoms with E-state index in [1.165, 1.54) is 11.3 Å². The zero-order chi connectivity index (χ0) is 22.5. The van der Waals surface area contributed by atoms with Gasteiger partial charge in [-0.25, -0.2) is 0 Å². The average molecular weight is 434 g/mol. The minimum Gasteiger partial charge on any atom is -0.379 e. The van der Waals surface area contributed by atoms with Crippen molar-refractivity contribution in [3.05, 3.63) is 59.2 Å². The molecule has 2 aromatic rings. The quantitative estimate of drug-likeness (QED) is 0.697. The van der Waals surface area contributed by atoms with E-state index in [-0.39, 0.29) is 6.04 Å². The molecule has 8 nitrogen and oxygen atoms in total. The van der Waals surface area contributed by atoms with Crippen LogP contribution in [0.25, 0.3) is 0 Å². The molecular formula is C24H27N5O3. The molecule has 0 aromatic heterocycles. The summed E-state index contributed by atoms with van der Waals surface area (Å²) >= 11 is 0. The summed E-state index contributed by atoms with van der Waals surface area (Å²) in [5.41, 5.74) is 4.30. The van der Waals surface area contributed by atoms with Crippen LogP contribution >= 0.6 is 0 Å². The van der Waals surface area contributed by atoms with E-state index in [4.69, 9.17) is 4.74 Å². The first-order valence-corrected chi connectivity index (χ1v) is 10.8. The zero-order valence-corrected chi connectivity index (χ0v) is 18.1. The monoisotopic (exact) mass is 433 g/mol. The van der Waals surface area contributed by atoms with E-state index in [2.05, 4.69) is 45.7 Å². The standard InChI is InChI=1S/C24H27N5O3/c1-28-9-8-18-14-17(6-7-21(18)28)22(29-10-12-32-13-11-29)16-26-23(30)24(31)27-20-5-3-2-4-19(20)15-25/h2-7,14,22H,8-13,16H2,1H3,(H,26,30)(H,27,31)/t22-/m0/s1. The van der Waals surface area contributed by atoms with Crippen LogP contribution in [0.1, 0.15) is 22.7 Å². The molecular weight excluding hydrogens is 406 g/mol. The van der Waals surface area contributed by atoms with Gasteiger partial charge in [0.15, 0.2) is 0 Å². The fourth-order valence-corrected chi connectivity index (χ4v) is 4.28. The van der Waals surface area contributed by atoms with Crippen LogP contribution in [0.3, 0.4) is 0 Å². The number of rotatable bonds is 5. The van der Waals surface area contributed by atoms with Crippen molar-refractivity contribution in [1.29, 1.82) is 5.26 Å². The molecule has 0 spiro atoms. The molecule has 1 saturated heterocycles. The second-order valence-electron chi connectivity index (χ2n) is 8.05. The van der Waals surface area contributed by atoms with Crippen molar-refractivity contribution in [2.24, 2.45) is 0 Å². The number of morpholine rings is 1. The van der Waals surface area contributed by atoms with Gasteiger partial charge in [-0.15, -0.1) is 0 Å². The van der Waals surface area contributed by atoms with Crippen molar-refractivity contribution in [3.8, 4) is 6.07 Å². The Balaban J connectivity index is 1.46. The summed E-state index contributed by atoms with van der Waals surface area (Å²) in [5.74, 6) is -1.51. The van der Waals surface area contributed by atoms with Gasteiger partial charge in [0.1, 0.15) is 6.07 Å². The van der Waals surface area contributed by atoms with Crippen LogP contribution in [0.4, 0.5) is 11.4 Å². The maximum absolute atomic E-state index is 12.5. The van der Waals surface area contributed by atoms with Crippen LogP contribution in [0.15, 0.2) is 42.5 Å². The Morgan fingerprint density at radius 2 is 1.91 bits per heavy atom. The summed E-state index contributed by atoms with van der Waals surface area (Å²) in [6.07, 6.45) is 1.00. The fraction of sp³-hybridized carbons (Fsp3) is 0.375. The average Bonchev–Trinajstić information content (AvgIpc) is 3.20. The molecule has 4 rings (SSSR count). The largest absolute Gasteiger partial charge is 0.379 e. The third-order valence-corrected chi connectivity index (χ3v) is 6.06. The van der Waals surface area contributed by atoms with E-state index in [1.807, 2.05) is 6.07 Å². The lowest BCUT2D eigenvalue weighted by Crippen LogP contribution is -2.45. The molecule has 2 aliphatic rings. The molecule has 2 amide bonds. The summed E-state index contributed by atoms with van der Waals surface area (Å²) < 4.78 is 5.50. The molecule has 0 radical (unpaired) electrons. The highest BCUT2D eigenvalue weighted by molar-refractivity contribution is 6.39. The molecule has 2 N–H and O–H groups in total. The summed E-state index contributed by atoms with van der Waals surface area (Å²) in [7, 11) is 2.09. The van der Waals surface area contributed by atoms with Gasteiger partial charge in [-0.1, -0.05) is 24.3 Å². The summed E-state index contributed by atoms with van der Waals surface area (Å²) in [6, 6.07) is 15.0. The summed E-state index contributed by atoms with van der Waals surface area (Å²) in [5, 5.41) is 14.5. The number of para-hydroxylation sites is 1. The first-order chi connectivity index (χ1) is 15.6. The number of nitrogens with zero attached hydrogens (tertiary/aromatic N) is 3. The second-order valence-corrected chi connectivity index (χ2v) is 8.05. The number of amides is 2. The predicted molar refractivity (Wildman–Crippen MR) is 121 cm³/mol. The third kappa shape index (κ3) is 4.74. The van der Waals surface area contributed by atoms with Crippen LogP contribution in [-0.2, 0) is 20.7 Å². The van der Waals surface area contributed by atoms with E-state index < -0.39 is 11.8 Å². The highest BCUT2D eigenvalue weighted by Gasteiger charge is 2.26. The highest BCUT2D eigenvalue weighted by atomic mass is 16.5. The first-order valence-electron chi connectivity index (χ1n) is 10.8. The zero-order valence-electron chi connectivity index (χ0n) is 18.1. The van der Waals surface area contributed by atoms with Crippen molar-refractivity contribution in [2.75, 3.05) is 56.7 Å². The lowest BCUT2D eigenvalue weighted by molar-refractivity contribution is -0.136. The van der Waals surface area contributed by atoms with Gasteiger partial charge >= 0.3 is 11.8 Å². The Kier molecular flexibility index (Phi) is 6.69. The number of benzene rings is 2. The van der Waals surface area contributed by atoms with Crippen LogP contribution in [-0.4, -0.2) is 63.2 Å². The van der Waals surface area contributed by atoms with E-state index in [0.29, 0.717) is 31.0 Å². The van der Waals surface area contributed by atoms with Gasteiger partial charge in [0.2, 0.25) is 0 Å². The Morgan fingerprint density at radius 3 is 2.69 bits per heavy atom. The second kappa shape index (κ2) is 9.81. The van der Waals surface area contributed by atoms with Crippen molar-refractivity contribution in [3.63, 3.8) is 0 Å². The van der Waals surface area contributed by atoms with E-state index in [0.717, 1.165) is 31.6 Å². The molecule has 0 bridgehead atoms. The van der Waals surface area contributed by atoms with Gasteiger partial charge in [0, 0.05) is 38.9 Å². The topological polar surface area (TPSA) is 97.7 Å². The Bertz CT molecular complexity index is 1040. The molecule has 0 saturated carbocycles. The van der Waals surface area contributed by atoms with Crippen molar-refractivity contribution < 1.29 is 14.3 Å². The Hall–Kier alpha value is -3.41. The normalized spacial score (nSPS) is 16.7. The number of nitriles is 1. The molecule has 8 heteroatoms. The van der Waals surface area contributed by atoms with Crippen LogP contribution in [0.5, 0.6) is 0 Å². The van der Waals surface area contributed by atoms with Gasteiger partial charge in [-0.05, 0) is 35.7 Å². The van der Waals surface area contributed by atoms with Crippen molar-refractivity contribution >= 4 is 23.2 Å². The third-order valence-electron chi connectivity index (χ3n) is 6.06. The number of fused-ring (bicyclic) bond motifs is 1. The van der Waals surface area contributed by atoms with Crippen LogP contribution < -0.4 is 15.5 Å². The maximum Gasteiger partial charge on any atom is 0.313 e.